The second-order valence-electron chi connectivity index (χ2n) is 6.10. The Bertz CT molecular complexity index is 664. The van der Waals surface area contributed by atoms with E-state index in [1.165, 1.54) is 0 Å². The molecule has 25 heavy (non-hydrogen) atoms. The number of carboxylic acid groups (broad SMARTS) is 1. The lowest BCUT2D eigenvalue weighted by Gasteiger charge is -2.27. The summed E-state index contributed by atoms with van der Waals surface area (Å²) >= 11 is 3.35. The van der Waals surface area contributed by atoms with Gasteiger partial charge in [-0.05, 0) is 53.4 Å². The molecule has 0 heterocycles. The number of carbonyl (C=O) groups is 3. The van der Waals surface area contributed by atoms with Crippen molar-refractivity contribution in [2.45, 2.75) is 32.6 Å². The average Bonchev–Trinajstić information content (AvgIpc) is 2.58. The van der Waals surface area contributed by atoms with Crippen LogP contribution in [0.1, 0.15) is 31.2 Å². The highest BCUT2D eigenvalue weighted by Gasteiger charge is 2.35. The highest BCUT2D eigenvalue weighted by atomic mass is 79.9. The number of rotatable bonds is 5. The van der Waals surface area contributed by atoms with E-state index < -0.39 is 29.6 Å². The van der Waals surface area contributed by atoms with E-state index >= 15 is 0 Å². The van der Waals surface area contributed by atoms with Crippen LogP contribution < -0.4 is 15.6 Å². The molecular formula is C17H21BrN2O5. The second-order valence-corrected chi connectivity index (χ2v) is 6.95. The van der Waals surface area contributed by atoms with Gasteiger partial charge in [-0.25, -0.2) is 0 Å². The number of carboxylic acids is 1. The number of ether oxygens (including phenoxy) is 1. The summed E-state index contributed by atoms with van der Waals surface area (Å²) in [5, 5.41) is 9.20. The maximum atomic E-state index is 12.1. The number of nitrogens with one attached hydrogen (secondary N) is 2. The van der Waals surface area contributed by atoms with E-state index in [0.717, 1.165) is 22.9 Å². The number of halogens is 1. The number of hydrogen-bond acceptors (Lipinski definition) is 4. The summed E-state index contributed by atoms with van der Waals surface area (Å²) < 4.78 is 6.12. The van der Waals surface area contributed by atoms with Crippen molar-refractivity contribution < 1.29 is 24.2 Å². The molecule has 2 rings (SSSR count). The van der Waals surface area contributed by atoms with Gasteiger partial charge in [0.05, 0.1) is 16.3 Å². The second kappa shape index (κ2) is 8.84. The fraction of sp³-hybridized carbons (Fsp3) is 0.471. The highest BCUT2D eigenvalue weighted by Crippen LogP contribution is 2.30. The van der Waals surface area contributed by atoms with Crippen LogP contribution in [-0.4, -0.2) is 29.5 Å². The Morgan fingerprint density at radius 2 is 1.88 bits per heavy atom. The molecule has 0 spiro atoms. The fourth-order valence-electron chi connectivity index (χ4n) is 2.87. The van der Waals surface area contributed by atoms with Gasteiger partial charge in [-0.2, -0.15) is 0 Å². The van der Waals surface area contributed by atoms with Gasteiger partial charge >= 0.3 is 5.97 Å². The van der Waals surface area contributed by atoms with E-state index in [0.29, 0.717) is 18.6 Å². The lowest BCUT2D eigenvalue weighted by Crippen LogP contribution is -2.49. The average molecular weight is 413 g/mol. The first-order chi connectivity index (χ1) is 11.9. The van der Waals surface area contributed by atoms with Crippen molar-refractivity contribution in [1.29, 1.82) is 0 Å². The first kappa shape index (κ1) is 19.2. The molecule has 0 aromatic heterocycles. The summed E-state index contributed by atoms with van der Waals surface area (Å²) in [5.41, 5.74) is 5.62. The molecule has 0 aliphatic heterocycles. The number of aliphatic carboxylic acids is 1. The summed E-state index contributed by atoms with van der Waals surface area (Å²) in [6.45, 7) is 1.67. The molecule has 0 saturated heterocycles. The Labute approximate surface area is 154 Å². The van der Waals surface area contributed by atoms with Gasteiger partial charge in [0.1, 0.15) is 5.75 Å². The maximum absolute atomic E-state index is 12.1. The van der Waals surface area contributed by atoms with Gasteiger partial charge in [0.15, 0.2) is 6.61 Å². The van der Waals surface area contributed by atoms with Crippen LogP contribution in [0.15, 0.2) is 22.7 Å². The standard InChI is InChI=1S/C17H21BrN2O5/c1-10-6-7-14(13(18)8-10)25-9-15(21)19-20-16(22)11-4-2-3-5-12(11)17(23)24/h6-8,11-12H,2-5,9H2,1H3,(H,19,21)(H,20,22)(H,23,24)/t11-,12-/m0/s1. The van der Waals surface area contributed by atoms with Crippen LogP contribution in [0, 0.1) is 18.8 Å². The first-order valence-corrected chi connectivity index (χ1v) is 8.88. The van der Waals surface area contributed by atoms with E-state index in [1.807, 2.05) is 19.1 Å². The van der Waals surface area contributed by atoms with E-state index in [4.69, 9.17) is 4.74 Å². The van der Waals surface area contributed by atoms with Crippen LogP contribution in [0.3, 0.4) is 0 Å². The predicted octanol–water partition coefficient (Wildman–Crippen LogP) is 2.17. The highest BCUT2D eigenvalue weighted by molar-refractivity contribution is 9.10. The Kier molecular flexibility index (Phi) is 6.81. The van der Waals surface area contributed by atoms with Gasteiger partial charge in [0.2, 0.25) is 5.91 Å². The van der Waals surface area contributed by atoms with Gasteiger partial charge in [-0.3, -0.25) is 25.2 Å². The Morgan fingerprint density at radius 1 is 1.20 bits per heavy atom. The van der Waals surface area contributed by atoms with Gasteiger partial charge in [0, 0.05) is 0 Å². The SMILES string of the molecule is Cc1ccc(OCC(=O)NNC(=O)[C@H]2CCCC[C@@H]2C(=O)O)c(Br)c1. The Hall–Kier alpha value is -2.09. The molecular weight excluding hydrogens is 392 g/mol. The van der Waals surface area contributed by atoms with Gasteiger partial charge < -0.3 is 9.84 Å². The normalized spacial score (nSPS) is 19.8. The van der Waals surface area contributed by atoms with Crippen molar-refractivity contribution in [3.8, 4) is 5.75 Å². The van der Waals surface area contributed by atoms with E-state index in [2.05, 4.69) is 26.8 Å². The van der Waals surface area contributed by atoms with Crippen LogP contribution in [0.25, 0.3) is 0 Å². The quantitative estimate of drug-likeness (QED) is 0.642. The van der Waals surface area contributed by atoms with Gasteiger partial charge in [-0.15, -0.1) is 0 Å². The van der Waals surface area contributed by atoms with Crippen molar-refractivity contribution in [1.82, 2.24) is 10.9 Å². The lowest BCUT2D eigenvalue weighted by atomic mass is 9.79. The van der Waals surface area contributed by atoms with Crippen molar-refractivity contribution in [3.63, 3.8) is 0 Å². The van der Waals surface area contributed by atoms with Crippen LogP contribution >= 0.6 is 15.9 Å². The zero-order valence-electron chi connectivity index (χ0n) is 13.9. The summed E-state index contributed by atoms with van der Waals surface area (Å²) in [6.07, 6.45) is 2.59. The number of hydrazine groups is 1. The number of benzene rings is 1. The molecule has 2 atom stereocenters. The van der Waals surface area contributed by atoms with Crippen molar-refractivity contribution in [2.75, 3.05) is 6.61 Å². The molecule has 1 aliphatic carbocycles. The van der Waals surface area contributed by atoms with Crippen LogP contribution in [0.2, 0.25) is 0 Å². The third-order valence-corrected chi connectivity index (χ3v) is 4.81. The number of amides is 2. The monoisotopic (exact) mass is 412 g/mol. The molecule has 3 N–H and O–H groups in total. The fourth-order valence-corrected chi connectivity index (χ4v) is 3.47. The summed E-state index contributed by atoms with van der Waals surface area (Å²) in [5.74, 6) is -2.78. The van der Waals surface area contributed by atoms with Crippen LogP contribution in [0.4, 0.5) is 0 Å². The van der Waals surface area contributed by atoms with Gasteiger partial charge in [0.25, 0.3) is 5.91 Å². The maximum Gasteiger partial charge on any atom is 0.307 e. The van der Waals surface area contributed by atoms with Gasteiger partial charge in [-0.1, -0.05) is 18.9 Å². The molecule has 0 radical (unpaired) electrons. The summed E-state index contributed by atoms with van der Waals surface area (Å²) in [6, 6.07) is 5.46. The van der Waals surface area contributed by atoms with Crippen molar-refractivity contribution in [3.05, 3.63) is 28.2 Å². The zero-order valence-corrected chi connectivity index (χ0v) is 15.5. The molecule has 1 aromatic carbocycles. The molecule has 8 heteroatoms. The third-order valence-electron chi connectivity index (χ3n) is 4.19. The molecule has 2 amide bonds. The Balaban J connectivity index is 1.80. The lowest BCUT2D eigenvalue weighted by molar-refractivity contribution is -0.149. The minimum atomic E-state index is -0.973. The topological polar surface area (TPSA) is 105 Å². The number of hydrogen-bond donors (Lipinski definition) is 3. The van der Waals surface area contributed by atoms with E-state index in [-0.39, 0.29) is 6.61 Å². The predicted molar refractivity (Wildman–Crippen MR) is 93.7 cm³/mol. The third kappa shape index (κ3) is 5.45. The van der Waals surface area contributed by atoms with Crippen LogP contribution in [-0.2, 0) is 14.4 Å². The largest absolute Gasteiger partial charge is 0.483 e. The number of carbonyl (C=O) groups excluding carboxylic acids is 2. The first-order valence-electron chi connectivity index (χ1n) is 8.09. The Morgan fingerprint density at radius 3 is 2.52 bits per heavy atom. The van der Waals surface area contributed by atoms with E-state index in [1.54, 1.807) is 6.07 Å². The molecule has 0 unspecified atom stereocenters. The van der Waals surface area contributed by atoms with Crippen molar-refractivity contribution in [2.24, 2.45) is 11.8 Å². The molecule has 0 bridgehead atoms. The summed E-state index contributed by atoms with van der Waals surface area (Å²) in [4.78, 5) is 35.2. The molecule has 1 aromatic rings. The minimum absolute atomic E-state index is 0.269. The molecule has 136 valence electrons. The summed E-state index contributed by atoms with van der Waals surface area (Å²) in [7, 11) is 0. The molecule has 7 nitrogen and oxygen atoms in total. The van der Waals surface area contributed by atoms with Crippen LogP contribution in [0.5, 0.6) is 5.75 Å². The minimum Gasteiger partial charge on any atom is -0.483 e. The van der Waals surface area contributed by atoms with E-state index in [9.17, 15) is 19.5 Å². The molecule has 1 saturated carbocycles. The molecule has 1 aliphatic rings. The zero-order chi connectivity index (χ0) is 18.4. The smallest absolute Gasteiger partial charge is 0.307 e. The van der Waals surface area contributed by atoms with Crippen molar-refractivity contribution >= 4 is 33.7 Å². The number of aryl methyl sites for hydroxylation is 1. The molecule has 1 fully saturated rings.